The molecule has 160 valence electrons. The van der Waals surface area contributed by atoms with Crippen LogP contribution in [0.5, 0.6) is 0 Å². The third kappa shape index (κ3) is 3.58. The fourth-order valence-corrected chi connectivity index (χ4v) is 2.86. The van der Waals surface area contributed by atoms with Crippen LogP contribution in [-0.2, 0) is 12.4 Å². The quantitative estimate of drug-likeness (QED) is 0.526. The Balaban J connectivity index is 3.53. The average molecular weight is 440 g/mol. The van der Waals surface area contributed by atoms with Crippen LogP contribution in [0.15, 0.2) is 12.1 Å². The lowest BCUT2D eigenvalue weighted by Crippen LogP contribution is -2.21. The van der Waals surface area contributed by atoms with E-state index in [1.54, 1.807) is 0 Å². The number of carboxylic acids is 4. The third-order valence-corrected chi connectivity index (χ3v) is 3.90. The van der Waals surface area contributed by atoms with Crippen LogP contribution in [0.3, 0.4) is 0 Å². The maximum atomic E-state index is 13.5. The number of carboxylic acid groups (broad SMARTS) is 4. The van der Waals surface area contributed by atoms with Crippen LogP contribution < -0.4 is 0 Å². The number of fused-ring (bicyclic) bond motifs is 1. The van der Waals surface area contributed by atoms with Gasteiger partial charge in [-0.2, -0.15) is 26.3 Å². The number of carbonyl (C=O) groups is 4. The van der Waals surface area contributed by atoms with Crippen LogP contribution in [0.2, 0.25) is 0 Å². The fourth-order valence-electron chi connectivity index (χ4n) is 2.86. The Morgan fingerprint density at radius 3 is 1.00 bits per heavy atom. The van der Waals surface area contributed by atoms with Gasteiger partial charge in [-0.25, -0.2) is 19.2 Å². The van der Waals surface area contributed by atoms with Crippen LogP contribution in [0.25, 0.3) is 10.8 Å². The van der Waals surface area contributed by atoms with E-state index in [2.05, 4.69) is 0 Å². The molecule has 14 heteroatoms. The summed E-state index contributed by atoms with van der Waals surface area (Å²) in [7, 11) is 0. The second-order valence-corrected chi connectivity index (χ2v) is 5.66. The summed E-state index contributed by atoms with van der Waals surface area (Å²) < 4.78 is 81.2. The van der Waals surface area contributed by atoms with Crippen molar-refractivity contribution in [1.29, 1.82) is 0 Å². The van der Waals surface area contributed by atoms with Crippen LogP contribution in [0.1, 0.15) is 52.6 Å². The number of halogens is 6. The van der Waals surface area contributed by atoms with E-state index < -0.39 is 80.4 Å². The van der Waals surface area contributed by atoms with Crippen molar-refractivity contribution in [2.45, 2.75) is 12.4 Å². The highest BCUT2D eigenvalue weighted by Crippen LogP contribution is 2.45. The first-order valence-corrected chi connectivity index (χ1v) is 7.25. The SMILES string of the molecule is O=C(O)c1cc(C(F)(F)F)c2c(C(=O)O)c(C(=O)O)cc(C(F)(F)F)c2c1C(=O)O. The predicted molar refractivity (Wildman–Crippen MR) is 81.8 cm³/mol. The molecular weight excluding hydrogens is 434 g/mol. The van der Waals surface area contributed by atoms with E-state index in [-0.39, 0.29) is 12.1 Å². The molecule has 2 rings (SSSR count). The molecule has 0 aromatic heterocycles. The Morgan fingerprint density at radius 1 is 0.567 bits per heavy atom. The second kappa shape index (κ2) is 6.89. The predicted octanol–water partition coefficient (Wildman–Crippen LogP) is 3.67. The van der Waals surface area contributed by atoms with Gasteiger partial charge in [0, 0.05) is 10.8 Å². The standard InChI is InChI=1S/C16H6F6O8/c17-15(18,19)5-1-3(11(23)24)7(13(27)28)10-6(16(20,21)22)2-4(12(25)26)8(9(5)10)14(29)30/h1-2H,(H,23,24)(H,25,26)(H,27,28)(H,29,30). The highest BCUT2D eigenvalue weighted by Gasteiger charge is 2.43. The van der Waals surface area contributed by atoms with Crippen molar-refractivity contribution in [3.05, 3.63) is 45.5 Å². The summed E-state index contributed by atoms with van der Waals surface area (Å²) >= 11 is 0. The van der Waals surface area contributed by atoms with Crippen molar-refractivity contribution in [3.8, 4) is 0 Å². The lowest BCUT2D eigenvalue weighted by atomic mass is 9.85. The first-order chi connectivity index (χ1) is 13.5. The second-order valence-electron chi connectivity index (χ2n) is 5.66. The molecule has 0 spiro atoms. The minimum atomic E-state index is -5.68. The Hall–Kier alpha value is -3.84. The first-order valence-electron chi connectivity index (χ1n) is 7.25. The third-order valence-electron chi connectivity index (χ3n) is 3.90. The molecule has 4 N–H and O–H groups in total. The van der Waals surface area contributed by atoms with Crippen molar-refractivity contribution >= 4 is 34.6 Å². The molecule has 0 aliphatic rings. The summed E-state index contributed by atoms with van der Waals surface area (Å²) in [4.78, 5) is 45.6. The van der Waals surface area contributed by atoms with Crippen LogP contribution >= 0.6 is 0 Å². The normalized spacial score (nSPS) is 12.1. The number of hydrogen-bond acceptors (Lipinski definition) is 4. The van der Waals surface area contributed by atoms with E-state index in [0.29, 0.717) is 0 Å². The molecule has 0 unspecified atom stereocenters. The zero-order valence-electron chi connectivity index (χ0n) is 13.8. The molecule has 0 saturated heterocycles. The van der Waals surface area contributed by atoms with E-state index >= 15 is 0 Å². The maximum absolute atomic E-state index is 13.5. The molecule has 2 aromatic carbocycles. The maximum Gasteiger partial charge on any atom is 0.417 e. The molecule has 0 atom stereocenters. The van der Waals surface area contributed by atoms with E-state index in [4.69, 9.17) is 10.2 Å². The Kier molecular flexibility index (Phi) is 5.16. The van der Waals surface area contributed by atoms with Gasteiger partial charge in [-0.05, 0) is 12.1 Å². The summed E-state index contributed by atoms with van der Waals surface area (Å²) in [6.45, 7) is 0. The minimum absolute atomic E-state index is 0.355. The van der Waals surface area contributed by atoms with Gasteiger partial charge in [0.15, 0.2) is 0 Å². The Labute approximate surface area is 159 Å². The van der Waals surface area contributed by atoms with Gasteiger partial charge in [0.25, 0.3) is 0 Å². The topological polar surface area (TPSA) is 149 Å². The van der Waals surface area contributed by atoms with Gasteiger partial charge in [0.2, 0.25) is 0 Å². The number of hydrogen-bond donors (Lipinski definition) is 4. The van der Waals surface area contributed by atoms with Crippen molar-refractivity contribution in [2.75, 3.05) is 0 Å². The summed E-state index contributed by atoms with van der Waals surface area (Å²) in [6.07, 6.45) is -11.4. The van der Waals surface area contributed by atoms with Gasteiger partial charge in [0.1, 0.15) is 0 Å². The van der Waals surface area contributed by atoms with Gasteiger partial charge in [0.05, 0.1) is 33.4 Å². The van der Waals surface area contributed by atoms with E-state index in [9.17, 15) is 55.7 Å². The largest absolute Gasteiger partial charge is 0.478 e. The van der Waals surface area contributed by atoms with E-state index in [0.717, 1.165) is 0 Å². The van der Waals surface area contributed by atoms with Gasteiger partial charge in [-0.3, -0.25) is 0 Å². The zero-order valence-corrected chi connectivity index (χ0v) is 13.8. The average Bonchev–Trinajstić information content (AvgIpc) is 2.55. The molecular formula is C16H6F6O8. The summed E-state index contributed by atoms with van der Waals surface area (Å²) in [5, 5.41) is 32.7. The van der Waals surface area contributed by atoms with Gasteiger partial charge in [-0.15, -0.1) is 0 Å². The van der Waals surface area contributed by atoms with E-state index in [1.807, 2.05) is 0 Å². The monoisotopic (exact) mass is 440 g/mol. The molecule has 0 heterocycles. The number of benzene rings is 2. The highest BCUT2D eigenvalue weighted by molar-refractivity contribution is 6.20. The lowest BCUT2D eigenvalue weighted by Gasteiger charge is -2.21. The van der Waals surface area contributed by atoms with Crippen molar-refractivity contribution in [1.82, 2.24) is 0 Å². The molecule has 0 amide bonds. The molecule has 0 fully saturated rings. The highest BCUT2D eigenvalue weighted by atomic mass is 19.4. The molecule has 0 aliphatic carbocycles. The molecule has 0 saturated carbocycles. The molecule has 0 radical (unpaired) electrons. The molecule has 2 aromatic rings. The van der Waals surface area contributed by atoms with E-state index in [1.165, 1.54) is 0 Å². The van der Waals surface area contributed by atoms with Crippen LogP contribution in [0.4, 0.5) is 26.3 Å². The summed E-state index contributed by atoms with van der Waals surface area (Å²) in [5.41, 5.74) is -11.5. The molecule has 0 aliphatic heterocycles. The smallest absolute Gasteiger partial charge is 0.417 e. The van der Waals surface area contributed by atoms with Crippen molar-refractivity contribution in [2.24, 2.45) is 0 Å². The lowest BCUT2D eigenvalue weighted by molar-refractivity contribution is -0.138. The molecule has 8 nitrogen and oxygen atoms in total. The van der Waals surface area contributed by atoms with Crippen LogP contribution in [-0.4, -0.2) is 44.3 Å². The van der Waals surface area contributed by atoms with Crippen molar-refractivity contribution < 1.29 is 65.9 Å². The summed E-state index contributed by atoms with van der Waals surface area (Å²) in [5.74, 6) is -9.49. The number of aromatic carboxylic acids is 4. The van der Waals surface area contributed by atoms with Gasteiger partial charge < -0.3 is 20.4 Å². The Bertz CT molecular complexity index is 1040. The number of rotatable bonds is 4. The zero-order chi connectivity index (χ0) is 23.3. The molecule has 30 heavy (non-hydrogen) atoms. The minimum Gasteiger partial charge on any atom is -0.478 e. The molecule has 0 bridgehead atoms. The fraction of sp³-hybridized carbons (Fsp3) is 0.125. The summed E-state index contributed by atoms with van der Waals surface area (Å²) in [6, 6.07) is -0.710. The van der Waals surface area contributed by atoms with Gasteiger partial charge in [-0.1, -0.05) is 0 Å². The first kappa shape index (κ1) is 22.4. The van der Waals surface area contributed by atoms with Crippen LogP contribution in [0, 0.1) is 0 Å². The van der Waals surface area contributed by atoms with Gasteiger partial charge >= 0.3 is 36.2 Å². The number of alkyl halides is 6. The van der Waals surface area contributed by atoms with Crippen molar-refractivity contribution in [3.63, 3.8) is 0 Å². The Morgan fingerprint density at radius 2 is 0.833 bits per heavy atom.